The first-order valence-electron chi connectivity index (χ1n) is 11.7. The third-order valence-corrected chi connectivity index (χ3v) is 7.28. The number of hydrazine groups is 1. The fourth-order valence-electron chi connectivity index (χ4n) is 4.27. The summed E-state index contributed by atoms with van der Waals surface area (Å²) in [7, 11) is -3.34. The zero-order valence-corrected chi connectivity index (χ0v) is 21.0. The van der Waals surface area contributed by atoms with E-state index in [1.165, 1.54) is 34.3 Å². The Labute approximate surface area is 213 Å². The smallest absolute Gasteiger partial charge is 0.262 e. The van der Waals surface area contributed by atoms with Crippen LogP contribution in [-0.4, -0.2) is 85.3 Å². The number of benzene rings is 2. The molecule has 2 aromatic carbocycles. The van der Waals surface area contributed by atoms with Gasteiger partial charge in [0.1, 0.15) is 6.54 Å². The van der Waals surface area contributed by atoms with Crippen molar-refractivity contribution in [3.63, 3.8) is 0 Å². The number of hydrogen-bond acceptors (Lipinski definition) is 7. The highest BCUT2D eigenvalue weighted by Crippen LogP contribution is 2.22. The van der Waals surface area contributed by atoms with Crippen LogP contribution in [0.1, 0.15) is 39.1 Å². The van der Waals surface area contributed by atoms with E-state index in [1.807, 2.05) is 0 Å². The van der Waals surface area contributed by atoms with E-state index in [2.05, 4.69) is 5.32 Å². The van der Waals surface area contributed by atoms with Gasteiger partial charge in [-0.2, -0.15) is 0 Å². The molecule has 0 unspecified atom stereocenters. The molecule has 4 rings (SSSR count). The Morgan fingerprint density at radius 2 is 1.43 bits per heavy atom. The van der Waals surface area contributed by atoms with Gasteiger partial charge >= 0.3 is 0 Å². The Balaban J connectivity index is 1.26. The zero-order valence-electron chi connectivity index (χ0n) is 20.2. The van der Waals surface area contributed by atoms with Gasteiger partial charge in [0.15, 0.2) is 9.84 Å². The van der Waals surface area contributed by atoms with E-state index in [4.69, 9.17) is 0 Å². The molecule has 11 nitrogen and oxygen atoms in total. The summed E-state index contributed by atoms with van der Waals surface area (Å²) in [4.78, 5) is 63.7. The number of imide groups is 1. The van der Waals surface area contributed by atoms with Crippen LogP contribution >= 0.6 is 0 Å². The number of carbonyl (C=O) groups excluding carboxylic acids is 5. The maximum atomic E-state index is 12.8. The van der Waals surface area contributed by atoms with Crippen LogP contribution in [-0.2, 0) is 30.6 Å². The van der Waals surface area contributed by atoms with Crippen molar-refractivity contribution < 1.29 is 32.4 Å². The molecule has 37 heavy (non-hydrogen) atoms. The van der Waals surface area contributed by atoms with Crippen LogP contribution < -0.4 is 5.32 Å². The minimum atomic E-state index is -3.34. The summed E-state index contributed by atoms with van der Waals surface area (Å²) < 4.78 is 23.2. The van der Waals surface area contributed by atoms with E-state index in [0.29, 0.717) is 25.1 Å². The van der Waals surface area contributed by atoms with Crippen LogP contribution in [0.25, 0.3) is 0 Å². The number of amides is 5. The zero-order chi connectivity index (χ0) is 26.7. The summed E-state index contributed by atoms with van der Waals surface area (Å²) in [6.45, 7) is 0.262. The van der Waals surface area contributed by atoms with E-state index in [1.54, 1.807) is 24.3 Å². The molecule has 0 aromatic heterocycles. The Hall–Kier alpha value is -4.06. The highest BCUT2D eigenvalue weighted by molar-refractivity contribution is 7.90. The minimum absolute atomic E-state index is 0.00480. The number of nitrogens with one attached hydrogen (secondary N) is 1. The molecule has 2 aliphatic rings. The van der Waals surface area contributed by atoms with Gasteiger partial charge in [0.05, 0.1) is 22.4 Å². The van der Waals surface area contributed by atoms with Crippen LogP contribution in [0.5, 0.6) is 0 Å². The van der Waals surface area contributed by atoms with Gasteiger partial charge in [0.25, 0.3) is 11.8 Å². The van der Waals surface area contributed by atoms with Crippen LogP contribution in [0, 0.1) is 0 Å². The van der Waals surface area contributed by atoms with Crippen molar-refractivity contribution in [1.82, 2.24) is 20.2 Å². The Morgan fingerprint density at radius 1 is 0.865 bits per heavy atom. The molecule has 194 valence electrons. The highest BCUT2D eigenvalue weighted by atomic mass is 32.2. The van der Waals surface area contributed by atoms with Crippen LogP contribution in [0.2, 0.25) is 0 Å². The Bertz CT molecular complexity index is 1340. The van der Waals surface area contributed by atoms with Gasteiger partial charge in [0, 0.05) is 32.3 Å². The molecular weight excluding hydrogens is 500 g/mol. The second-order valence-electron chi connectivity index (χ2n) is 8.82. The predicted molar refractivity (Wildman–Crippen MR) is 131 cm³/mol. The molecule has 12 heteroatoms. The molecule has 1 saturated heterocycles. The summed E-state index contributed by atoms with van der Waals surface area (Å²) in [6, 6.07) is 12.4. The van der Waals surface area contributed by atoms with Crippen LogP contribution in [0.15, 0.2) is 53.4 Å². The SMILES string of the molecule is CS(=O)(=O)c1ccc(CC(=O)N2CCCN2C(=O)CCNC(=O)CN2C(=O)c3ccccc3C2=O)cc1. The summed E-state index contributed by atoms with van der Waals surface area (Å²) in [5, 5.41) is 5.27. The third kappa shape index (κ3) is 5.69. The van der Waals surface area contributed by atoms with Crippen molar-refractivity contribution in [2.45, 2.75) is 24.2 Å². The second-order valence-corrected chi connectivity index (χ2v) is 10.8. The van der Waals surface area contributed by atoms with Crippen molar-refractivity contribution >= 4 is 39.4 Å². The molecule has 2 heterocycles. The maximum Gasteiger partial charge on any atom is 0.262 e. The molecular formula is C25H26N4O7S. The molecule has 0 spiro atoms. The number of rotatable bonds is 8. The van der Waals surface area contributed by atoms with Crippen molar-refractivity contribution in [2.24, 2.45) is 0 Å². The monoisotopic (exact) mass is 526 g/mol. The molecule has 5 amide bonds. The van der Waals surface area contributed by atoms with Gasteiger partial charge in [-0.3, -0.25) is 38.9 Å². The lowest BCUT2D eigenvalue weighted by Gasteiger charge is -2.28. The second kappa shape index (κ2) is 10.5. The number of nitrogens with zero attached hydrogens (tertiary/aromatic N) is 3. The van der Waals surface area contributed by atoms with Gasteiger partial charge < -0.3 is 5.32 Å². The van der Waals surface area contributed by atoms with E-state index in [9.17, 15) is 32.4 Å². The fraction of sp³-hybridized carbons (Fsp3) is 0.320. The fourth-order valence-corrected chi connectivity index (χ4v) is 4.90. The lowest BCUT2D eigenvalue weighted by Crippen LogP contribution is -2.46. The van der Waals surface area contributed by atoms with Crippen LogP contribution in [0.3, 0.4) is 0 Å². The van der Waals surface area contributed by atoms with Gasteiger partial charge in [0.2, 0.25) is 17.7 Å². The Kier molecular flexibility index (Phi) is 7.39. The summed E-state index contributed by atoms with van der Waals surface area (Å²) in [6.07, 6.45) is 1.65. The summed E-state index contributed by atoms with van der Waals surface area (Å²) >= 11 is 0. The molecule has 1 fully saturated rings. The van der Waals surface area contributed by atoms with E-state index in [-0.39, 0.29) is 47.2 Å². The van der Waals surface area contributed by atoms with E-state index >= 15 is 0 Å². The normalized spacial score (nSPS) is 15.2. The maximum absolute atomic E-state index is 12.8. The van der Waals surface area contributed by atoms with Gasteiger partial charge in [-0.25, -0.2) is 8.42 Å². The molecule has 2 aliphatic heterocycles. The highest BCUT2D eigenvalue weighted by Gasteiger charge is 2.36. The topological polar surface area (TPSA) is 141 Å². The van der Waals surface area contributed by atoms with E-state index < -0.39 is 34.1 Å². The average molecular weight is 527 g/mol. The lowest BCUT2D eigenvalue weighted by atomic mass is 10.1. The standard InChI is InChI=1S/C25H26N4O7S/c1-37(35,36)18-9-7-17(8-10-18)15-23(32)29-14-4-13-28(29)22(31)11-12-26-21(30)16-27-24(33)19-5-2-3-6-20(19)25(27)34/h2-3,5-10H,4,11-16H2,1H3,(H,26,30). The number of sulfone groups is 1. The lowest BCUT2D eigenvalue weighted by molar-refractivity contribution is -0.157. The quantitative estimate of drug-likeness (QED) is 0.491. The first kappa shape index (κ1) is 26.0. The first-order valence-corrected chi connectivity index (χ1v) is 13.6. The van der Waals surface area contributed by atoms with Crippen molar-refractivity contribution in [1.29, 1.82) is 0 Å². The van der Waals surface area contributed by atoms with Crippen molar-refractivity contribution in [2.75, 3.05) is 32.4 Å². The van der Waals surface area contributed by atoms with Crippen molar-refractivity contribution in [3.05, 3.63) is 65.2 Å². The van der Waals surface area contributed by atoms with Gasteiger partial charge in [-0.05, 0) is 36.2 Å². The van der Waals surface area contributed by atoms with E-state index in [0.717, 1.165) is 11.2 Å². The molecule has 0 bridgehead atoms. The third-order valence-electron chi connectivity index (χ3n) is 6.15. The summed E-state index contributed by atoms with van der Waals surface area (Å²) in [5.41, 5.74) is 1.12. The number of hydrogen-bond donors (Lipinski definition) is 1. The van der Waals surface area contributed by atoms with Gasteiger partial charge in [-0.15, -0.1) is 0 Å². The molecule has 2 aromatic rings. The molecule has 0 radical (unpaired) electrons. The van der Waals surface area contributed by atoms with Crippen molar-refractivity contribution in [3.8, 4) is 0 Å². The summed E-state index contributed by atoms with van der Waals surface area (Å²) in [5.74, 6) is -2.30. The molecule has 0 aliphatic carbocycles. The predicted octanol–water partition coefficient (Wildman–Crippen LogP) is 0.411. The average Bonchev–Trinajstić information content (AvgIpc) is 3.44. The molecule has 0 atom stereocenters. The number of carbonyl (C=O) groups is 5. The largest absolute Gasteiger partial charge is 0.354 e. The minimum Gasteiger partial charge on any atom is -0.354 e. The first-order chi connectivity index (χ1) is 17.6. The number of fused-ring (bicyclic) bond motifs is 1. The molecule has 1 N–H and O–H groups in total. The molecule has 0 saturated carbocycles. The van der Waals surface area contributed by atoms with Crippen LogP contribution in [0.4, 0.5) is 0 Å². The van der Waals surface area contributed by atoms with Gasteiger partial charge in [-0.1, -0.05) is 24.3 Å². The Morgan fingerprint density at radius 3 is 2.00 bits per heavy atom.